The Morgan fingerprint density at radius 1 is 0.500 bits per heavy atom. The van der Waals surface area contributed by atoms with Crippen molar-refractivity contribution in [1.82, 2.24) is 0 Å². The standard InChI is InChI=1S/C35H31O4P/c36-25-14-26-38-40(27-15-4-1-5-16-27,28-17-6-2-7-18-28,29-19-8-3-9-20-29)39-35-33-24-13-11-22-31(33)30-21-10-12-23-32(30)34(35)37/h1-13,15-24,36-37H,14,25-26H2. The van der Waals surface area contributed by atoms with Crippen LogP contribution in [-0.2, 0) is 4.52 Å². The molecule has 6 aromatic rings. The van der Waals surface area contributed by atoms with Crippen molar-refractivity contribution in [2.45, 2.75) is 6.42 Å². The number of aliphatic hydroxyl groups is 1. The summed E-state index contributed by atoms with van der Waals surface area (Å²) in [5.41, 5.74) is 0. The fourth-order valence-corrected chi connectivity index (χ4v) is 10.5. The van der Waals surface area contributed by atoms with Gasteiger partial charge in [0.1, 0.15) is 0 Å². The van der Waals surface area contributed by atoms with Crippen molar-refractivity contribution >= 4 is 44.5 Å². The van der Waals surface area contributed by atoms with E-state index in [1.807, 2.05) is 133 Å². The fraction of sp³-hybridized carbons (Fsp3) is 0.0857. The summed E-state index contributed by atoms with van der Waals surface area (Å²) < 4.78 is 14.7. The zero-order valence-electron chi connectivity index (χ0n) is 22.1. The molecule has 0 atom stereocenters. The molecule has 0 aromatic heterocycles. The van der Waals surface area contributed by atoms with E-state index in [1.165, 1.54) is 0 Å². The molecular weight excluding hydrogens is 515 g/mol. The number of rotatable bonds is 9. The number of hydrogen-bond donors (Lipinski definition) is 2. The van der Waals surface area contributed by atoms with Gasteiger partial charge in [-0.2, -0.15) is 0 Å². The second kappa shape index (κ2) is 10.7. The van der Waals surface area contributed by atoms with E-state index in [0.717, 1.165) is 32.1 Å². The van der Waals surface area contributed by atoms with Crippen molar-refractivity contribution in [3.8, 4) is 11.5 Å². The molecule has 0 aliphatic heterocycles. The molecular formula is C35H31O4P. The molecule has 0 unspecified atom stereocenters. The van der Waals surface area contributed by atoms with E-state index < -0.39 is 7.06 Å². The molecule has 0 saturated heterocycles. The van der Waals surface area contributed by atoms with Crippen LogP contribution in [0, 0.1) is 0 Å². The quantitative estimate of drug-likeness (QED) is 0.119. The Balaban J connectivity index is 1.80. The molecule has 6 rings (SSSR count). The zero-order valence-corrected chi connectivity index (χ0v) is 23.0. The number of aromatic hydroxyl groups is 1. The number of hydrogen-bond acceptors (Lipinski definition) is 4. The fourth-order valence-electron chi connectivity index (χ4n) is 5.61. The van der Waals surface area contributed by atoms with E-state index in [0.29, 0.717) is 17.6 Å². The van der Waals surface area contributed by atoms with Crippen molar-refractivity contribution in [3.63, 3.8) is 0 Å². The topological polar surface area (TPSA) is 58.9 Å². The number of benzene rings is 6. The van der Waals surface area contributed by atoms with Crippen LogP contribution in [-0.4, -0.2) is 23.4 Å². The molecule has 0 radical (unpaired) electrons. The predicted octanol–water partition coefficient (Wildman–Crippen LogP) is 6.84. The van der Waals surface area contributed by atoms with Gasteiger partial charge in [-0.15, -0.1) is 0 Å². The minimum atomic E-state index is -4.29. The Labute approximate surface area is 234 Å². The summed E-state index contributed by atoms with van der Waals surface area (Å²) in [4.78, 5) is 0. The number of aliphatic hydroxyl groups excluding tert-OH is 1. The molecule has 5 heteroatoms. The van der Waals surface area contributed by atoms with Crippen molar-refractivity contribution < 1.29 is 19.3 Å². The van der Waals surface area contributed by atoms with Gasteiger partial charge < -0.3 is 0 Å². The van der Waals surface area contributed by atoms with E-state index in [2.05, 4.69) is 6.07 Å². The summed E-state index contributed by atoms with van der Waals surface area (Å²) in [6.07, 6.45) is 0.429. The number of phenolic OH excluding ortho intramolecular Hbond substituents is 1. The summed E-state index contributed by atoms with van der Waals surface area (Å²) in [5.74, 6) is 0.435. The van der Waals surface area contributed by atoms with Crippen LogP contribution >= 0.6 is 7.06 Å². The zero-order chi connectivity index (χ0) is 27.4. The van der Waals surface area contributed by atoms with Gasteiger partial charge in [0, 0.05) is 0 Å². The third kappa shape index (κ3) is 4.04. The first-order valence-corrected chi connectivity index (χ1v) is 15.5. The molecule has 40 heavy (non-hydrogen) atoms. The summed E-state index contributed by atoms with van der Waals surface area (Å²) in [6, 6.07) is 45.9. The maximum absolute atomic E-state index is 11.9. The van der Waals surface area contributed by atoms with E-state index in [-0.39, 0.29) is 19.0 Å². The van der Waals surface area contributed by atoms with Crippen LogP contribution in [0.1, 0.15) is 6.42 Å². The molecule has 0 fully saturated rings. The Bertz CT molecular complexity index is 1660. The summed E-state index contributed by atoms with van der Waals surface area (Å²) in [7, 11) is -4.29. The molecule has 200 valence electrons. The van der Waals surface area contributed by atoms with Crippen LogP contribution in [0.25, 0.3) is 21.5 Å². The molecule has 0 aliphatic rings. The van der Waals surface area contributed by atoms with E-state index in [9.17, 15) is 10.2 Å². The van der Waals surface area contributed by atoms with Gasteiger partial charge in [0.2, 0.25) is 0 Å². The third-order valence-electron chi connectivity index (χ3n) is 7.44. The third-order valence-corrected chi connectivity index (χ3v) is 12.4. The number of fused-ring (bicyclic) bond motifs is 3. The monoisotopic (exact) mass is 546 g/mol. The molecule has 6 aromatic carbocycles. The van der Waals surface area contributed by atoms with Crippen LogP contribution in [0.2, 0.25) is 0 Å². The van der Waals surface area contributed by atoms with Gasteiger partial charge in [-0.3, -0.25) is 0 Å². The second-order valence-corrected chi connectivity index (χ2v) is 13.6. The first kappa shape index (κ1) is 26.0. The molecule has 0 bridgehead atoms. The first-order valence-electron chi connectivity index (χ1n) is 13.5. The molecule has 0 amide bonds. The van der Waals surface area contributed by atoms with Crippen LogP contribution in [0.3, 0.4) is 0 Å². The molecule has 4 nitrogen and oxygen atoms in total. The number of phenols is 1. The SMILES string of the molecule is OCCCOP(Oc1c(O)c2ccccc2c2ccccc12)(c1ccccc1)(c1ccccc1)c1ccccc1. The normalized spacial score (nSPS) is 12.7. The average molecular weight is 547 g/mol. The Morgan fingerprint density at radius 3 is 1.38 bits per heavy atom. The van der Waals surface area contributed by atoms with Gasteiger partial charge in [0.05, 0.1) is 0 Å². The van der Waals surface area contributed by atoms with Crippen LogP contribution in [0.15, 0.2) is 140 Å². The molecule has 0 spiro atoms. The second-order valence-electron chi connectivity index (χ2n) is 9.73. The van der Waals surface area contributed by atoms with Gasteiger partial charge >= 0.3 is 234 Å². The van der Waals surface area contributed by atoms with Gasteiger partial charge in [0.15, 0.2) is 0 Å². The van der Waals surface area contributed by atoms with Gasteiger partial charge in [-0.1, -0.05) is 0 Å². The summed E-state index contributed by atoms with van der Waals surface area (Å²) in [5, 5.41) is 27.8. The van der Waals surface area contributed by atoms with Crippen molar-refractivity contribution in [2.75, 3.05) is 13.2 Å². The Kier molecular flexibility index (Phi) is 7.00. The van der Waals surface area contributed by atoms with Gasteiger partial charge in [-0.05, 0) is 0 Å². The summed E-state index contributed by atoms with van der Waals surface area (Å²) in [6.45, 7) is 0.230. The Morgan fingerprint density at radius 2 is 0.900 bits per heavy atom. The average Bonchev–Trinajstić information content (AvgIpc) is 3.04. The minimum absolute atomic E-state index is 0.0188. The Hall–Kier alpha value is -4.21. The van der Waals surface area contributed by atoms with Crippen molar-refractivity contribution in [3.05, 3.63) is 140 Å². The van der Waals surface area contributed by atoms with Gasteiger partial charge in [-0.25, -0.2) is 0 Å². The molecule has 0 aliphatic carbocycles. The predicted molar refractivity (Wildman–Crippen MR) is 167 cm³/mol. The van der Waals surface area contributed by atoms with E-state index in [4.69, 9.17) is 9.05 Å². The van der Waals surface area contributed by atoms with Crippen LogP contribution in [0.5, 0.6) is 11.5 Å². The molecule has 0 saturated carbocycles. The van der Waals surface area contributed by atoms with E-state index >= 15 is 0 Å². The summed E-state index contributed by atoms with van der Waals surface area (Å²) >= 11 is 0. The molecule has 0 heterocycles. The van der Waals surface area contributed by atoms with Crippen LogP contribution < -0.4 is 20.4 Å². The van der Waals surface area contributed by atoms with Crippen LogP contribution in [0.4, 0.5) is 0 Å². The van der Waals surface area contributed by atoms with Crippen molar-refractivity contribution in [2.24, 2.45) is 0 Å². The maximum atomic E-state index is 11.9. The van der Waals surface area contributed by atoms with Gasteiger partial charge in [0.25, 0.3) is 0 Å². The first-order chi connectivity index (χ1) is 19.7. The van der Waals surface area contributed by atoms with E-state index in [1.54, 1.807) is 0 Å². The van der Waals surface area contributed by atoms with Crippen molar-refractivity contribution in [1.29, 1.82) is 0 Å². The molecule has 2 N–H and O–H groups in total.